The molecule has 0 spiro atoms. The molecule has 8 rings (SSSR count). The highest BCUT2D eigenvalue weighted by Crippen LogP contribution is 2.40. The Kier molecular flexibility index (Phi) is 7.86. The third-order valence-corrected chi connectivity index (χ3v) is 9.11. The van der Waals surface area contributed by atoms with Crippen LogP contribution in [0.4, 0.5) is 17.1 Å². The molecule has 228 valence electrons. The molecule has 8 aromatic rings. The van der Waals surface area contributed by atoms with E-state index in [1.54, 1.807) is 0 Å². The molecule has 0 aromatic heterocycles. The summed E-state index contributed by atoms with van der Waals surface area (Å²) in [7, 11) is 0. The van der Waals surface area contributed by atoms with Crippen molar-refractivity contribution in [3.05, 3.63) is 210 Å². The summed E-state index contributed by atoms with van der Waals surface area (Å²) < 4.78 is 0. The molecule has 0 heterocycles. The lowest BCUT2D eigenvalue weighted by Gasteiger charge is -2.26. The monoisotopic (exact) mass is 613 g/mol. The lowest BCUT2D eigenvalue weighted by Crippen LogP contribution is -2.09. The van der Waals surface area contributed by atoms with Crippen LogP contribution >= 0.6 is 0 Å². The Labute approximate surface area is 282 Å². The molecule has 0 aliphatic heterocycles. The van der Waals surface area contributed by atoms with Crippen molar-refractivity contribution in [2.24, 2.45) is 0 Å². The first-order valence-electron chi connectivity index (χ1n) is 16.5. The van der Waals surface area contributed by atoms with Crippen LogP contribution in [-0.4, -0.2) is 0 Å². The standard InChI is InChI=1S/C47H35N/c1-34-20-26-41(27-21-34)48(42-28-22-35(23-29-42)32-46(36-12-4-2-5-13-36)37-14-6-3-7-15-37)43-30-24-38(25-31-43)47-44-18-10-8-16-39(44)33-40-17-9-11-19-45(40)47/h2-33H,1H3. The maximum atomic E-state index is 2.34. The van der Waals surface area contributed by atoms with Gasteiger partial charge in [-0.3, -0.25) is 0 Å². The summed E-state index contributed by atoms with van der Waals surface area (Å²) in [4.78, 5) is 2.34. The van der Waals surface area contributed by atoms with Gasteiger partial charge in [-0.05, 0) is 110 Å². The van der Waals surface area contributed by atoms with E-state index in [9.17, 15) is 0 Å². The van der Waals surface area contributed by atoms with Crippen molar-refractivity contribution < 1.29 is 0 Å². The molecule has 0 aliphatic rings. The number of rotatable bonds is 7. The van der Waals surface area contributed by atoms with Crippen LogP contribution in [0.15, 0.2) is 188 Å². The van der Waals surface area contributed by atoms with Gasteiger partial charge in [0.05, 0.1) is 0 Å². The van der Waals surface area contributed by atoms with E-state index in [0.29, 0.717) is 0 Å². The van der Waals surface area contributed by atoms with Crippen molar-refractivity contribution in [1.82, 2.24) is 0 Å². The van der Waals surface area contributed by atoms with E-state index in [1.165, 1.54) is 54.9 Å². The van der Waals surface area contributed by atoms with Crippen LogP contribution < -0.4 is 4.90 Å². The molecule has 0 N–H and O–H groups in total. The molecule has 48 heavy (non-hydrogen) atoms. The fourth-order valence-corrected chi connectivity index (χ4v) is 6.70. The quantitative estimate of drug-likeness (QED) is 0.128. The molecular weight excluding hydrogens is 579 g/mol. The Hall–Kier alpha value is -6.18. The largest absolute Gasteiger partial charge is 0.311 e. The molecule has 1 heteroatoms. The highest BCUT2D eigenvalue weighted by molar-refractivity contribution is 6.12. The number of hydrogen-bond acceptors (Lipinski definition) is 1. The predicted molar refractivity (Wildman–Crippen MR) is 206 cm³/mol. The molecule has 0 amide bonds. The molecule has 1 nitrogen and oxygen atoms in total. The van der Waals surface area contributed by atoms with Crippen molar-refractivity contribution in [2.75, 3.05) is 4.90 Å². The van der Waals surface area contributed by atoms with Gasteiger partial charge in [0.2, 0.25) is 0 Å². The highest BCUT2D eigenvalue weighted by Gasteiger charge is 2.15. The SMILES string of the molecule is Cc1ccc(N(c2ccc(C=C(c3ccccc3)c3ccccc3)cc2)c2ccc(-c3c4ccccc4cc4ccccc34)cc2)cc1. The summed E-state index contributed by atoms with van der Waals surface area (Å²) in [6.07, 6.45) is 2.29. The fraction of sp³-hybridized carbons (Fsp3) is 0.0213. The summed E-state index contributed by atoms with van der Waals surface area (Å²) in [6.45, 7) is 2.13. The van der Waals surface area contributed by atoms with E-state index >= 15 is 0 Å². The second-order valence-electron chi connectivity index (χ2n) is 12.3. The van der Waals surface area contributed by atoms with Crippen molar-refractivity contribution in [1.29, 1.82) is 0 Å². The van der Waals surface area contributed by atoms with Crippen LogP contribution in [0.1, 0.15) is 22.3 Å². The van der Waals surface area contributed by atoms with Crippen LogP contribution in [0.25, 0.3) is 44.3 Å². The van der Waals surface area contributed by atoms with Crippen molar-refractivity contribution in [3.8, 4) is 11.1 Å². The Morgan fingerprint density at radius 3 is 1.40 bits per heavy atom. The lowest BCUT2D eigenvalue weighted by molar-refractivity contribution is 1.27. The van der Waals surface area contributed by atoms with Crippen LogP contribution in [0.3, 0.4) is 0 Å². The van der Waals surface area contributed by atoms with Gasteiger partial charge in [0.1, 0.15) is 0 Å². The minimum atomic E-state index is 1.11. The minimum absolute atomic E-state index is 1.11. The Morgan fingerprint density at radius 1 is 0.438 bits per heavy atom. The number of benzene rings is 8. The van der Waals surface area contributed by atoms with Gasteiger partial charge in [0.15, 0.2) is 0 Å². The fourth-order valence-electron chi connectivity index (χ4n) is 6.70. The molecule has 0 saturated heterocycles. The summed E-state index contributed by atoms with van der Waals surface area (Å²) in [5, 5.41) is 5.06. The van der Waals surface area contributed by atoms with Gasteiger partial charge >= 0.3 is 0 Å². The molecule has 8 aromatic carbocycles. The second kappa shape index (κ2) is 12.9. The highest BCUT2D eigenvalue weighted by atomic mass is 15.1. The van der Waals surface area contributed by atoms with Gasteiger partial charge < -0.3 is 4.90 Å². The van der Waals surface area contributed by atoms with Crippen LogP contribution in [0, 0.1) is 6.92 Å². The second-order valence-corrected chi connectivity index (χ2v) is 12.3. The Bertz CT molecular complexity index is 2260. The number of hydrogen-bond donors (Lipinski definition) is 0. The smallest absolute Gasteiger partial charge is 0.0462 e. The Balaban J connectivity index is 1.20. The normalized spacial score (nSPS) is 11.0. The average molecular weight is 614 g/mol. The third kappa shape index (κ3) is 5.79. The van der Waals surface area contributed by atoms with Crippen LogP contribution in [0.2, 0.25) is 0 Å². The molecule has 0 unspecified atom stereocenters. The number of anilines is 3. The van der Waals surface area contributed by atoms with Gasteiger partial charge in [-0.15, -0.1) is 0 Å². The molecule has 0 fully saturated rings. The zero-order valence-corrected chi connectivity index (χ0v) is 26.9. The number of aryl methyl sites for hydroxylation is 1. The lowest BCUT2D eigenvalue weighted by atomic mass is 9.92. The van der Waals surface area contributed by atoms with Gasteiger partial charge in [-0.2, -0.15) is 0 Å². The number of fused-ring (bicyclic) bond motifs is 2. The van der Waals surface area contributed by atoms with Crippen molar-refractivity contribution >= 4 is 50.3 Å². The maximum absolute atomic E-state index is 2.34. The van der Waals surface area contributed by atoms with Gasteiger partial charge in [-0.1, -0.05) is 151 Å². The molecular formula is C47H35N. The topological polar surface area (TPSA) is 3.24 Å². The summed E-state index contributed by atoms with van der Waals surface area (Å²) in [5.41, 5.74) is 11.9. The molecule has 0 bridgehead atoms. The van der Waals surface area contributed by atoms with E-state index in [4.69, 9.17) is 0 Å². The maximum Gasteiger partial charge on any atom is 0.0462 e. The summed E-state index contributed by atoms with van der Waals surface area (Å²) in [5.74, 6) is 0. The van der Waals surface area contributed by atoms with Crippen molar-refractivity contribution in [3.63, 3.8) is 0 Å². The Morgan fingerprint density at radius 2 is 0.875 bits per heavy atom. The molecule has 0 saturated carbocycles. The van der Waals surface area contributed by atoms with E-state index in [1.807, 2.05) is 0 Å². The predicted octanol–water partition coefficient (Wildman–Crippen LogP) is 13.0. The van der Waals surface area contributed by atoms with E-state index in [0.717, 1.165) is 22.6 Å². The molecule has 0 atom stereocenters. The van der Waals surface area contributed by atoms with E-state index in [2.05, 4.69) is 206 Å². The first kappa shape index (κ1) is 29.2. The molecule has 0 radical (unpaired) electrons. The summed E-state index contributed by atoms with van der Waals surface area (Å²) in [6, 6.07) is 67.7. The zero-order chi connectivity index (χ0) is 32.3. The van der Waals surface area contributed by atoms with E-state index in [-0.39, 0.29) is 0 Å². The summed E-state index contributed by atoms with van der Waals surface area (Å²) >= 11 is 0. The minimum Gasteiger partial charge on any atom is -0.311 e. The number of nitrogens with zero attached hydrogens (tertiary/aromatic N) is 1. The van der Waals surface area contributed by atoms with Crippen molar-refractivity contribution in [2.45, 2.75) is 6.92 Å². The van der Waals surface area contributed by atoms with Gasteiger partial charge in [0, 0.05) is 17.1 Å². The first-order valence-corrected chi connectivity index (χ1v) is 16.5. The first-order chi connectivity index (χ1) is 23.7. The average Bonchev–Trinajstić information content (AvgIpc) is 3.15. The molecule has 0 aliphatic carbocycles. The van der Waals surface area contributed by atoms with E-state index < -0.39 is 0 Å². The van der Waals surface area contributed by atoms with Gasteiger partial charge in [-0.25, -0.2) is 0 Å². The van der Waals surface area contributed by atoms with Crippen LogP contribution in [0.5, 0.6) is 0 Å². The zero-order valence-electron chi connectivity index (χ0n) is 26.9. The van der Waals surface area contributed by atoms with Gasteiger partial charge in [0.25, 0.3) is 0 Å². The third-order valence-electron chi connectivity index (χ3n) is 9.11. The van der Waals surface area contributed by atoms with Crippen LogP contribution in [-0.2, 0) is 0 Å².